The van der Waals surface area contributed by atoms with E-state index in [0.29, 0.717) is 6.04 Å². The molecule has 0 aliphatic rings. The topological polar surface area (TPSA) is 29.9 Å². The number of aromatic nitrogens is 2. The Hall–Kier alpha value is -1.61. The van der Waals surface area contributed by atoms with E-state index in [1.165, 1.54) is 11.1 Å². The summed E-state index contributed by atoms with van der Waals surface area (Å²) in [6, 6.07) is 11.3. The van der Waals surface area contributed by atoms with E-state index in [-0.39, 0.29) is 5.41 Å². The van der Waals surface area contributed by atoms with Gasteiger partial charge in [0, 0.05) is 19.3 Å². The molecule has 1 atom stereocenters. The summed E-state index contributed by atoms with van der Waals surface area (Å²) >= 11 is 0. The molecule has 114 valence electrons. The van der Waals surface area contributed by atoms with Crippen molar-refractivity contribution in [3.05, 3.63) is 53.9 Å². The summed E-state index contributed by atoms with van der Waals surface area (Å²) in [6.45, 7) is 7.91. The average Bonchev–Trinajstić information content (AvgIpc) is 2.85. The van der Waals surface area contributed by atoms with Crippen LogP contribution in [0.2, 0.25) is 0 Å². The molecule has 1 unspecified atom stereocenters. The van der Waals surface area contributed by atoms with E-state index in [1.807, 2.05) is 17.9 Å². The highest BCUT2D eigenvalue weighted by atomic mass is 15.2. The standard InChI is InChI=1S/C18H27N3/c1-15(19-11-10-16-13-20-21(4)14-16)12-18(2,3)17-8-6-5-7-9-17/h5-9,13-15,19H,10-12H2,1-4H3. The molecule has 0 aliphatic carbocycles. The second-order valence-corrected chi connectivity index (χ2v) is 6.58. The molecule has 0 saturated heterocycles. The minimum Gasteiger partial charge on any atom is -0.314 e. The Morgan fingerprint density at radius 1 is 1.24 bits per heavy atom. The fourth-order valence-corrected chi connectivity index (χ4v) is 2.91. The van der Waals surface area contributed by atoms with Crippen LogP contribution in [0, 0.1) is 0 Å². The molecule has 0 spiro atoms. The number of rotatable bonds is 7. The molecule has 0 aliphatic heterocycles. The van der Waals surface area contributed by atoms with Crippen LogP contribution in [0.5, 0.6) is 0 Å². The normalized spacial score (nSPS) is 13.3. The van der Waals surface area contributed by atoms with Gasteiger partial charge < -0.3 is 5.32 Å². The predicted molar refractivity (Wildman–Crippen MR) is 88.5 cm³/mol. The number of benzene rings is 1. The van der Waals surface area contributed by atoms with Gasteiger partial charge >= 0.3 is 0 Å². The van der Waals surface area contributed by atoms with Crippen molar-refractivity contribution in [2.45, 2.75) is 45.1 Å². The molecule has 21 heavy (non-hydrogen) atoms. The molecular formula is C18H27N3. The summed E-state index contributed by atoms with van der Waals surface area (Å²) in [5, 5.41) is 7.83. The Balaban J connectivity index is 1.80. The highest BCUT2D eigenvalue weighted by Crippen LogP contribution is 2.28. The summed E-state index contributed by atoms with van der Waals surface area (Å²) in [5.74, 6) is 0. The van der Waals surface area contributed by atoms with Crippen molar-refractivity contribution in [3.63, 3.8) is 0 Å². The van der Waals surface area contributed by atoms with Crippen LogP contribution in [-0.4, -0.2) is 22.4 Å². The van der Waals surface area contributed by atoms with Gasteiger partial charge in [0.2, 0.25) is 0 Å². The molecule has 1 aromatic carbocycles. The summed E-state index contributed by atoms with van der Waals surface area (Å²) in [4.78, 5) is 0. The monoisotopic (exact) mass is 285 g/mol. The predicted octanol–water partition coefficient (Wildman–Crippen LogP) is 3.31. The van der Waals surface area contributed by atoms with Gasteiger partial charge in [-0.3, -0.25) is 4.68 Å². The lowest BCUT2D eigenvalue weighted by molar-refractivity contribution is 0.390. The first-order chi connectivity index (χ1) is 9.97. The van der Waals surface area contributed by atoms with Gasteiger partial charge in [-0.15, -0.1) is 0 Å². The van der Waals surface area contributed by atoms with Crippen molar-refractivity contribution in [2.24, 2.45) is 7.05 Å². The van der Waals surface area contributed by atoms with Crippen molar-refractivity contribution in [3.8, 4) is 0 Å². The van der Waals surface area contributed by atoms with Gasteiger partial charge in [0.25, 0.3) is 0 Å². The van der Waals surface area contributed by atoms with Gasteiger partial charge in [-0.2, -0.15) is 5.10 Å². The molecule has 0 radical (unpaired) electrons. The minimum atomic E-state index is 0.196. The molecule has 3 heteroatoms. The zero-order valence-corrected chi connectivity index (χ0v) is 13.6. The minimum absolute atomic E-state index is 0.196. The third-order valence-electron chi connectivity index (χ3n) is 4.04. The lowest BCUT2D eigenvalue weighted by atomic mass is 9.79. The number of nitrogens with zero attached hydrogens (tertiary/aromatic N) is 2. The number of hydrogen-bond acceptors (Lipinski definition) is 2. The number of nitrogens with one attached hydrogen (secondary N) is 1. The Labute approximate surface area is 128 Å². The second kappa shape index (κ2) is 6.90. The fourth-order valence-electron chi connectivity index (χ4n) is 2.91. The van der Waals surface area contributed by atoms with E-state index < -0.39 is 0 Å². The van der Waals surface area contributed by atoms with Gasteiger partial charge in [0.1, 0.15) is 0 Å². The van der Waals surface area contributed by atoms with E-state index in [0.717, 1.165) is 19.4 Å². The maximum Gasteiger partial charge on any atom is 0.0522 e. The van der Waals surface area contributed by atoms with E-state index in [2.05, 4.69) is 67.7 Å². The Bertz CT molecular complexity index is 543. The quantitative estimate of drug-likeness (QED) is 0.846. The third-order valence-corrected chi connectivity index (χ3v) is 4.04. The van der Waals surface area contributed by atoms with Crippen molar-refractivity contribution >= 4 is 0 Å². The van der Waals surface area contributed by atoms with Crippen molar-refractivity contribution in [1.82, 2.24) is 15.1 Å². The largest absolute Gasteiger partial charge is 0.314 e. The molecule has 2 aromatic rings. The van der Waals surface area contributed by atoms with Gasteiger partial charge in [-0.25, -0.2) is 0 Å². The number of aryl methyl sites for hydroxylation is 1. The molecule has 0 fully saturated rings. The van der Waals surface area contributed by atoms with Gasteiger partial charge in [0.05, 0.1) is 6.20 Å². The summed E-state index contributed by atoms with van der Waals surface area (Å²) in [5.41, 5.74) is 2.90. The smallest absolute Gasteiger partial charge is 0.0522 e. The summed E-state index contributed by atoms with van der Waals surface area (Å²) < 4.78 is 1.86. The molecule has 1 aromatic heterocycles. The van der Waals surface area contributed by atoms with Gasteiger partial charge in [-0.05, 0) is 42.9 Å². The van der Waals surface area contributed by atoms with Crippen molar-refractivity contribution < 1.29 is 0 Å². The fraction of sp³-hybridized carbons (Fsp3) is 0.500. The first-order valence-electron chi connectivity index (χ1n) is 7.74. The molecule has 3 nitrogen and oxygen atoms in total. The Morgan fingerprint density at radius 2 is 1.95 bits per heavy atom. The molecule has 0 amide bonds. The van der Waals surface area contributed by atoms with Crippen LogP contribution in [-0.2, 0) is 18.9 Å². The Kier molecular flexibility index (Phi) is 5.18. The molecule has 2 rings (SSSR count). The highest BCUT2D eigenvalue weighted by Gasteiger charge is 2.22. The summed E-state index contributed by atoms with van der Waals surface area (Å²) in [6.07, 6.45) is 6.19. The van der Waals surface area contributed by atoms with Crippen molar-refractivity contribution in [1.29, 1.82) is 0 Å². The zero-order valence-electron chi connectivity index (χ0n) is 13.6. The van der Waals surface area contributed by atoms with Crippen LogP contribution in [0.3, 0.4) is 0 Å². The third kappa shape index (κ3) is 4.71. The first kappa shape index (κ1) is 15.8. The maximum absolute atomic E-state index is 4.20. The van der Waals surface area contributed by atoms with Crippen molar-refractivity contribution in [2.75, 3.05) is 6.54 Å². The maximum atomic E-state index is 4.20. The lowest BCUT2D eigenvalue weighted by Gasteiger charge is -2.29. The van der Waals surface area contributed by atoms with Gasteiger partial charge in [-0.1, -0.05) is 44.2 Å². The highest BCUT2D eigenvalue weighted by molar-refractivity contribution is 5.23. The van der Waals surface area contributed by atoms with Crippen LogP contribution in [0.1, 0.15) is 38.3 Å². The molecule has 0 saturated carbocycles. The average molecular weight is 285 g/mol. The van der Waals surface area contributed by atoms with E-state index in [4.69, 9.17) is 0 Å². The van der Waals surface area contributed by atoms with Crippen LogP contribution >= 0.6 is 0 Å². The Morgan fingerprint density at radius 3 is 2.57 bits per heavy atom. The first-order valence-corrected chi connectivity index (χ1v) is 7.74. The lowest BCUT2D eigenvalue weighted by Crippen LogP contribution is -2.34. The SMILES string of the molecule is CC(CC(C)(C)c1ccccc1)NCCc1cnn(C)c1. The van der Waals surface area contributed by atoms with Gasteiger partial charge in [0.15, 0.2) is 0 Å². The zero-order chi connectivity index (χ0) is 15.3. The van der Waals surface area contributed by atoms with Crippen LogP contribution in [0.15, 0.2) is 42.7 Å². The van der Waals surface area contributed by atoms with Crippen LogP contribution in [0.25, 0.3) is 0 Å². The van der Waals surface area contributed by atoms with E-state index in [1.54, 1.807) is 0 Å². The van der Waals surface area contributed by atoms with Crippen LogP contribution < -0.4 is 5.32 Å². The molecular weight excluding hydrogens is 258 g/mol. The molecule has 1 N–H and O–H groups in total. The van der Waals surface area contributed by atoms with E-state index >= 15 is 0 Å². The van der Waals surface area contributed by atoms with E-state index in [9.17, 15) is 0 Å². The summed E-state index contributed by atoms with van der Waals surface area (Å²) in [7, 11) is 1.96. The molecule has 1 heterocycles. The molecule has 0 bridgehead atoms. The number of hydrogen-bond donors (Lipinski definition) is 1. The van der Waals surface area contributed by atoms with Crippen LogP contribution in [0.4, 0.5) is 0 Å². The second-order valence-electron chi connectivity index (χ2n) is 6.58.